The summed E-state index contributed by atoms with van der Waals surface area (Å²) in [6, 6.07) is 0. The Balaban J connectivity index is 3.34. The fourth-order valence-corrected chi connectivity index (χ4v) is 0.502. The van der Waals surface area contributed by atoms with Gasteiger partial charge in [0.15, 0.2) is 0 Å². The first-order valence-electron chi connectivity index (χ1n) is 3.11. The van der Waals surface area contributed by atoms with Crippen LogP contribution in [0.4, 0.5) is 0 Å². The third-order valence-corrected chi connectivity index (χ3v) is 1.22. The molecule has 0 aliphatic carbocycles. The molecular weight excluding hydrogens is 116 g/mol. The maximum Gasteiger partial charge on any atom is 0.220 e. The van der Waals surface area contributed by atoms with Crippen LogP contribution in [0, 0.1) is 5.92 Å². The van der Waals surface area contributed by atoms with E-state index >= 15 is 0 Å². The minimum Gasteiger partial charge on any atom is -0.359 e. The Hall–Kier alpha value is -0.570. The summed E-state index contributed by atoms with van der Waals surface area (Å²) < 4.78 is 0. The molecule has 3 nitrogen and oxygen atoms in total. The highest BCUT2D eigenvalue weighted by atomic mass is 16.1. The quantitative estimate of drug-likeness (QED) is 0.552. The third kappa shape index (κ3) is 3.97. The normalized spacial score (nSPS) is 12.8. The molecule has 0 spiro atoms. The number of nitrogens with two attached hydrogens (primary N) is 1. The van der Waals surface area contributed by atoms with Crippen molar-refractivity contribution in [2.45, 2.75) is 13.3 Å². The van der Waals surface area contributed by atoms with Gasteiger partial charge in [-0.05, 0) is 12.5 Å². The van der Waals surface area contributed by atoms with E-state index in [1.807, 2.05) is 6.92 Å². The highest BCUT2D eigenvalue weighted by Crippen LogP contribution is 1.96. The zero-order valence-electron chi connectivity index (χ0n) is 5.98. The lowest BCUT2D eigenvalue weighted by atomic mass is 10.1. The average molecular weight is 130 g/mol. The lowest BCUT2D eigenvalue weighted by Crippen LogP contribution is -2.23. The van der Waals surface area contributed by atoms with Gasteiger partial charge in [-0.3, -0.25) is 4.79 Å². The van der Waals surface area contributed by atoms with E-state index in [9.17, 15) is 4.79 Å². The van der Waals surface area contributed by atoms with Crippen LogP contribution in [0.15, 0.2) is 0 Å². The van der Waals surface area contributed by atoms with Gasteiger partial charge in [0.25, 0.3) is 0 Å². The highest BCUT2D eigenvalue weighted by Gasteiger charge is 2.03. The Bertz CT molecular complexity index is 93.1. The lowest BCUT2D eigenvalue weighted by molar-refractivity contribution is -0.121. The lowest BCUT2D eigenvalue weighted by Gasteiger charge is -2.04. The molecule has 3 heteroatoms. The summed E-state index contributed by atoms with van der Waals surface area (Å²) in [6.07, 6.45) is 0.535. The van der Waals surface area contributed by atoms with E-state index in [1.165, 1.54) is 0 Å². The molecular formula is C6H14N2O. The van der Waals surface area contributed by atoms with Gasteiger partial charge in [0.05, 0.1) is 0 Å². The van der Waals surface area contributed by atoms with Crippen LogP contribution in [0.2, 0.25) is 0 Å². The summed E-state index contributed by atoms with van der Waals surface area (Å²) in [6.45, 7) is 2.53. The van der Waals surface area contributed by atoms with Gasteiger partial charge in [0.2, 0.25) is 5.91 Å². The number of hydrogen-bond acceptors (Lipinski definition) is 2. The van der Waals surface area contributed by atoms with Crippen LogP contribution in [0.25, 0.3) is 0 Å². The average Bonchev–Trinajstić information content (AvgIpc) is 1.87. The van der Waals surface area contributed by atoms with Crippen molar-refractivity contribution in [2.75, 3.05) is 13.6 Å². The van der Waals surface area contributed by atoms with Gasteiger partial charge in [-0.2, -0.15) is 0 Å². The van der Waals surface area contributed by atoms with Crippen LogP contribution in [0.5, 0.6) is 0 Å². The van der Waals surface area contributed by atoms with Crippen molar-refractivity contribution in [3.63, 3.8) is 0 Å². The second-order valence-electron chi connectivity index (χ2n) is 2.22. The Morgan fingerprint density at radius 3 is 2.67 bits per heavy atom. The molecule has 0 aliphatic heterocycles. The number of carbonyl (C=O) groups excluding carboxylic acids is 1. The molecule has 54 valence electrons. The molecule has 1 atom stereocenters. The van der Waals surface area contributed by atoms with E-state index < -0.39 is 0 Å². The first-order valence-corrected chi connectivity index (χ1v) is 3.11. The summed E-state index contributed by atoms with van der Waals surface area (Å²) in [7, 11) is 1.63. The zero-order valence-corrected chi connectivity index (χ0v) is 5.98. The number of hydrogen-bond donors (Lipinski definition) is 2. The number of rotatable bonds is 3. The van der Waals surface area contributed by atoms with Crippen molar-refractivity contribution in [1.29, 1.82) is 0 Å². The molecule has 0 rings (SSSR count). The van der Waals surface area contributed by atoms with Crippen molar-refractivity contribution in [1.82, 2.24) is 5.32 Å². The van der Waals surface area contributed by atoms with Gasteiger partial charge in [0, 0.05) is 13.5 Å². The minimum atomic E-state index is 0.0629. The smallest absolute Gasteiger partial charge is 0.220 e. The molecule has 1 amide bonds. The molecule has 0 bridgehead atoms. The SMILES string of the molecule is CNC(=O)CC(C)CN. The molecule has 0 fully saturated rings. The second kappa shape index (κ2) is 4.32. The van der Waals surface area contributed by atoms with Crippen molar-refractivity contribution in [3.05, 3.63) is 0 Å². The Morgan fingerprint density at radius 2 is 2.33 bits per heavy atom. The number of carbonyl (C=O) groups is 1. The fourth-order valence-electron chi connectivity index (χ4n) is 0.502. The van der Waals surface area contributed by atoms with E-state index in [0.29, 0.717) is 18.9 Å². The summed E-state index contributed by atoms with van der Waals surface area (Å²) in [5.41, 5.74) is 5.30. The Kier molecular flexibility index (Phi) is 4.05. The maximum atomic E-state index is 10.6. The van der Waals surface area contributed by atoms with Crippen LogP contribution >= 0.6 is 0 Å². The van der Waals surface area contributed by atoms with Crippen molar-refractivity contribution >= 4 is 5.91 Å². The van der Waals surface area contributed by atoms with Crippen LogP contribution in [-0.4, -0.2) is 19.5 Å². The summed E-state index contributed by atoms with van der Waals surface area (Å²) >= 11 is 0. The minimum absolute atomic E-state index is 0.0629. The van der Waals surface area contributed by atoms with Crippen molar-refractivity contribution in [3.8, 4) is 0 Å². The molecule has 0 aliphatic rings. The van der Waals surface area contributed by atoms with E-state index in [1.54, 1.807) is 7.05 Å². The molecule has 3 N–H and O–H groups in total. The summed E-state index contributed by atoms with van der Waals surface area (Å²) in [4.78, 5) is 10.6. The number of amides is 1. The van der Waals surface area contributed by atoms with Gasteiger partial charge >= 0.3 is 0 Å². The first kappa shape index (κ1) is 8.43. The van der Waals surface area contributed by atoms with Gasteiger partial charge in [-0.25, -0.2) is 0 Å². The predicted molar refractivity (Wildman–Crippen MR) is 36.9 cm³/mol. The Morgan fingerprint density at radius 1 is 1.78 bits per heavy atom. The fraction of sp³-hybridized carbons (Fsp3) is 0.833. The van der Waals surface area contributed by atoms with Crippen LogP contribution in [-0.2, 0) is 4.79 Å². The Labute approximate surface area is 55.6 Å². The zero-order chi connectivity index (χ0) is 7.28. The van der Waals surface area contributed by atoms with Gasteiger partial charge in [-0.15, -0.1) is 0 Å². The molecule has 0 saturated heterocycles. The highest BCUT2D eigenvalue weighted by molar-refractivity contribution is 5.75. The molecule has 1 unspecified atom stereocenters. The third-order valence-electron chi connectivity index (χ3n) is 1.22. The molecule has 0 aromatic rings. The van der Waals surface area contributed by atoms with Crippen molar-refractivity contribution in [2.24, 2.45) is 11.7 Å². The van der Waals surface area contributed by atoms with E-state index in [4.69, 9.17) is 5.73 Å². The van der Waals surface area contributed by atoms with Gasteiger partial charge in [-0.1, -0.05) is 6.92 Å². The van der Waals surface area contributed by atoms with E-state index in [0.717, 1.165) is 0 Å². The largest absolute Gasteiger partial charge is 0.359 e. The van der Waals surface area contributed by atoms with Crippen molar-refractivity contribution < 1.29 is 4.79 Å². The van der Waals surface area contributed by atoms with E-state index in [2.05, 4.69) is 5.32 Å². The summed E-state index contributed by atoms with van der Waals surface area (Å²) in [5, 5.41) is 2.54. The van der Waals surface area contributed by atoms with Crippen LogP contribution in [0.3, 0.4) is 0 Å². The number of nitrogens with one attached hydrogen (secondary N) is 1. The summed E-state index contributed by atoms with van der Waals surface area (Å²) in [5.74, 6) is 0.359. The van der Waals surface area contributed by atoms with Crippen LogP contribution < -0.4 is 11.1 Å². The maximum absolute atomic E-state index is 10.6. The molecule has 0 heterocycles. The molecule has 0 radical (unpaired) electrons. The monoisotopic (exact) mass is 130 g/mol. The predicted octanol–water partition coefficient (Wildman–Crippen LogP) is -0.283. The molecule has 0 aromatic heterocycles. The molecule has 0 aromatic carbocycles. The van der Waals surface area contributed by atoms with E-state index in [-0.39, 0.29) is 5.91 Å². The standard InChI is InChI=1S/C6H14N2O/c1-5(4-7)3-6(9)8-2/h5H,3-4,7H2,1-2H3,(H,8,9). The first-order chi connectivity index (χ1) is 4.20. The second-order valence-corrected chi connectivity index (χ2v) is 2.22. The topological polar surface area (TPSA) is 55.1 Å². The van der Waals surface area contributed by atoms with Gasteiger partial charge in [0.1, 0.15) is 0 Å². The molecule has 0 saturated carbocycles. The molecule has 9 heavy (non-hydrogen) atoms. The van der Waals surface area contributed by atoms with Crippen LogP contribution in [0.1, 0.15) is 13.3 Å². The van der Waals surface area contributed by atoms with Gasteiger partial charge < -0.3 is 11.1 Å².